The Morgan fingerprint density at radius 2 is 1.87 bits per heavy atom. The van der Waals surface area contributed by atoms with E-state index in [2.05, 4.69) is 32.8 Å². The molecule has 1 saturated heterocycles. The highest BCUT2D eigenvalue weighted by Crippen LogP contribution is 2.35. The molecule has 0 spiro atoms. The lowest BCUT2D eigenvalue weighted by Crippen LogP contribution is -2.47. The number of rotatable bonds is 9. The van der Waals surface area contributed by atoms with Gasteiger partial charge in [-0.25, -0.2) is 18.8 Å². The monoisotopic (exact) mass is 553 g/mol. The number of halogens is 5. The van der Waals surface area contributed by atoms with Crippen LogP contribution in [0.25, 0.3) is 0 Å². The van der Waals surface area contributed by atoms with Gasteiger partial charge in [0.25, 0.3) is 0 Å². The number of nitrogens with zero attached hydrogens (tertiary/aromatic N) is 6. The Labute approximate surface area is 227 Å². The molecular formula is C27H36F5N7. The Balaban J connectivity index is 0.00000177. The molecule has 1 aromatic rings. The Kier molecular flexibility index (Phi) is 15.1. The van der Waals surface area contributed by atoms with Gasteiger partial charge in [-0.2, -0.15) is 13.2 Å². The van der Waals surface area contributed by atoms with Gasteiger partial charge < -0.3 is 15.1 Å². The van der Waals surface area contributed by atoms with Crippen molar-refractivity contribution in [2.75, 3.05) is 57.9 Å². The van der Waals surface area contributed by atoms with Crippen molar-refractivity contribution in [2.45, 2.75) is 26.9 Å². The summed E-state index contributed by atoms with van der Waals surface area (Å²) in [6.07, 6.45) is 7.18. The third-order valence-electron chi connectivity index (χ3n) is 5.45. The zero-order valence-corrected chi connectivity index (χ0v) is 22.7. The number of anilines is 1. The predicted octanol–water partition coefficient (Wildman–Crippen LogP) is 5.03. The summed E-state index contributed by atoms with van der Waals surface area (Å²) in [6, 6.07) is 4.48. The number of nitrogens with one attached hydrogen (secondary N) is 1. The molecule has 7 nitrogen and oxygen atoms in total. The Morgan fingerprint density at radius 1 is 1.23 bits per heavy atom. The summed E-state index contributed by atoms with van der Waals surface area (Å²) in [4.78, 5) is 18.4. The topological polar surface area (TPSA) is 59.4 Å². The van der Waals surface area contributed by atoms with E-state index in [1.54, 1.807) is 18.3 Å². The molecule has 0 saturated carbocycles. The summed E-state index contributed by atoms with van der Waals surface area (Å²) in [6.45, 7) is 8.39. The van der Waals surface area contributed by atoms with Gasteiger partial charge in [-0.1, -0.05) is 6.42 Å². The van der Waals surface area contributed by atoms with E-state index in [1.807, 2.05) is 23.6 Å². The molecule has 0 amide bonds. The molecule has 2 heterocycles. The van der Waals surface area contributed by atoms with Crippen LogP contribution in [0.1, 0.15) is 26.3 Å². The third-order valence-corrected chi connectivity index (χ3v) is 5.45. The van der Waals surface area contributed by atoms with E-state index >= 15 is 0 Å². The lowest BCUT2D eigenvalue weighted by Gasteiger charge is -2.35. The van der Waals surface area contributed by atoms with Crippen molar-refractivity contribution >= 4 is 18.0 Å². The largest absolute Gasteiger partial charge is 0.419 e. The second-order valence-electron chi connectivity index (χ2n) is 8.13. The highest BCUT2D eigenvalue weighted by Gasteiger charge is 2.36. The highest BCUT2D eigenvalue weighted by molar-refractivity contribution is 6.04. The van der Waals surface area contributed by atoms with E-state index in [0.29, 0.717) is 51.2 Å². The van der Waals surface area contributed by atoms with E-state index < -0.39 is 17.6 Å². The van der Waals surface area contributed by atoms with Crippen LogP contribution in [-0.4, -0.2) is 79.9 Å². The summed E-state index contributed by atoms with van der Waals surface area (Å²) in [7, 11) is 1.69. The molecule has 1 aliphatic rings. The average Bonchev–Trinajstić information content (AvgIpc) is 2.93. The van der Waals surface area contributed by atoms with Crippen molar-refractivity contribution in [1.82, 2.24) is 20.1 Å². The van der Waals surface area contributed by atoms with Gasteiger partial charge in [0.05, 0.1) is 30.7 Å². The number of pyridine rings is 1. The first kappa shape index (κ1) is 33.3. The van der Waals surface area contributed by atoms with Gasteiger partial charge in [-0.15, -0.1) is 0 Å². The molecule has 0 aromatic carbocycles. The zero-order chi connectivity index (χ0) is 29.3. The number of piperazine rings is 1. The van der Waals surface area contributed by atoms with E-state index in [-0.39, 0.29) is 18.3 Å². The first-order chi connectivity index (χ1) is 18.6. The number of hydrogen-bond donors (Lipinski definition) is 1. The minimum Gasteiger partial charge on any atom is -0.363 e. The quantitative estimate of drug-likeness (QED) is 0.116. The van der Waals surface area contributed by atoms with E-state index in [4.69, 9.17) is 0 Å². The number of allylic oxidation sites excluding steroid dienone is 3. The van der Waals surface area contributed by atoms with Crippen LogP contribution in [0.2, 0.25) is 0 Å². The van der Waals surface area contributed by atoms with E-state index in [1.165, 1.54) is 31.3 Å². The Morgan fingerprint density at radius 3 is 2.38 bits per heavy atom. The molecule has 214 valence electrons. The van der Waals surface area contributed by atoms with E-state index in [9.17, 15) is 22.0 Å². The number of hydrogen-bond acceptors (Lipinski definition) is 5. The summed E-state index contributed by atoms with van der Waals surface area (Å²) in [5, 5.41) is 2.46. The third kappa shape index (κ3) is 12.1. The lowest BCUT2D eigenvalue weighted by atomic mass is 10.2. The summed E-state index contributed by atoms with van der Waals surface area (Å²) in [5.41, 5.74) is -0.465. The van der Waals surface area contributed by atoms with Gasteiger partial charge in [0, 0.05) is 64.1 Å². The fourth-order valence-corrected chi connectivity index (χ4v) is 3.41. The van der Waals surface area contributed by atoms with Crippen molar-refractivity contribution in [3.05, 3.63) is 59.9 Å². The fourth-order valence-electron chi connectivity index (χ4n) is 3.41. The van der Waals surface area contributed by atoms with Gasteiger partial charge >= 0.3 is 6.18 Å². The number of terminal acetylenes is 1. The van der Waals surface area contributed by atoms with Crippen LogP contribution in [0.5, 0.6) is 0 Å². The second kappa shape index (κ2) is 17.7. The van der Waals surface area contributed by atoms with Crippen LogP contribution in [0.4, 0.5) is 27.8 Å². The predicted molar refractivity (Wildman–Crippen MR) is 148 cm³/mol. The van der Waals surface area contributed by atoms with Gasteiger partial charge in [0.2, 0.25) is 0 Å². The molecule has 39 heavy (non-hydrogen) atoms. The molecule has 0 radical (unpaired) electrons. The molecule has 0 atom stereocenters. The molecular weight excluding hydrogens is 517 g/mol. The molecule has 1 aromatic heterocycles. The maximum atomic E-state index is 13.7. The normalized spacial score (nSPS) is 15.8. The number of alkyl halides is 3. The second-order valence-corrected chi connectivity index (χ2v) is 8.13. The highest BCUT2D eigenvalue weighted by atomic mass is 19.4. The molecule has 1 aliphatic heterocycles. The molecule has 1 fully saturated rings. The first-order valence-electron chi connectivity index (χ1n) is 12.4. The van der Waals surface area contributed by atoms with Gasteiger partial charge in [0.15, 0.2) is 5.84 Å². The van der Waals surface area contributed by atoms with Crippen LogP contribution in [0.3, 0.4) is 0 Å². The molecule has 12 heteroatoms. The maximum Gasteiger partial charge on any atom is 0.419 e. The van der Waals surface area contributed by atoms with Crippen LogP contribution < -0.4 is 10.2 Å². The van der Waals surface area contributed by atoms with Crippen molar-refractivity contribution in [3.8, 4) is 12.5 Å². The van der Waals surface area contributed by atoms with Gasteiger partial charge in [-0.05, 0) is 51.1 Å². The van der Waals surface area contributed by atoms with Gasteiger partial charge in [-0.3, -0.25) is 9.89 Å². The average molecular weight is 554 g/mol. The summed E-state index contributed by atoms with van der Waals surface area (Å²) >= 11 is 0. The summed E-state index contributed by atoms with van der Waals surface area (Å²) < 4.78 is 66.3. The maximum absolute atomic E-state index is 13.7. The van der Waals surface area contributed by atoms with E-state index in [0.717, 1.165) is 12.1 Å². The Hall–Kier alpha value is -3.72. The molecule has 0 unspecified atom stereocenters. The van der Waals surface area contributed by atoms with Crippen LogP contribution in [0.15, 0.2) is 64.3 Å². The van der Waals surface area contributed by atoms with Crippen LogP contribution in [0, 0.1) is 12.5 Å². The molecule has 2 rings (SSSR count). The van der Waals surface area contributed by atoms with Crippen LogP contribution >= 0.6 is 0 Å². The zero-order valence-electron chi connectivity index (χ0n) is 22.7. The molecule has 0 bridgehead atoms. The van der Waals surface area contributed by atoms with Crippen LogP contribution in [-0.2, 0) is 6.18 Å². The number of aromatic nitrogens is 1. The number of amidine groups is 1. The van der Waals surface area contributed by atoms with Crippen molar-refractivity contribution in [3.63, 3.8) is 0 Å². The molecule has 0 aliphatic carbocycles. The first-order valence-corrected chi connectivity index (χ1v) is 12.4. The fraction of sp³-hybridized carbons (Fsp3) is 0.444. The lowest BCUT2D eigenvalue weighted by molar-refractivity contribution is -0.137. The SMILES string of the molecule is C#CNC.CCN(C=NC(=N\CN1CCN(c2ncccc2C(F)(F)F)CC1)/C(/C=C(\C)F)=C/C=C/F)CC. The van der Waals surface area contributed by atoms with Crippen molar-refractivity contribution in [2.24, 2.45) is 9.98 Å². The van der Waals surface area contributed by atoms with Crippen molar-refractivity contribution in [1.29, 1.82) is 0 Å². The van der Waals surface area contributed by atoms with Gasteiger partial charge in [0.1, 0.15) is 5.82 Å². The minimum absolute atomic E-state index is 0.0838. The smallest absolute Gasteiger partial charge is 0.363 e. The standard InChI is InChI=1S/C24H31F5N6.C3H5N/c1-4-33(5-2)17-31-22(20(8-6-10-25)16-19(3)26)32-18-34-12-14-35(15-13-34)23-21(24(27,28)29)9-7-11-30-23;1-3-4-2/h6-11,16-17H,4-5,12-15,18H2,1-3H3;1,4H,2H3/b10-6+,19-16+,20-8+,31-17?,32-22-;. The molecule has 1 N–H and O–H groups in total. The Bertz CT molecular complexity index is 1060. The van der Waals surface area contributed by atoms with Crippen molar-refractivity contribution < 1.29 is 22.0 Å². The minimum atomic E-state index is -4.48. The number of aliphatic imine (C=N–C) groups is 2. The summed E-state index contributed by atoms with van der Waals surface area (Å²) in [5.74, 6) is -0.350.